The van der Waals surface area contributed by atoms with Crippen LogP contribution >= 0.6 is 35.7 Å². The van der Waals surface area contributed by atoms with Crippen molar-refractivity contribution in [3.63, 3.8) is 0 Å². The second-order valence-electron chi connectivity index (χ2n) is 7.01. The first-order chi connectivity index (χ1) is 13.1. The summed E-state index contributed by atoms with van der Waals surface area (Å²) < 4.78 is 27.8. The van der Waals surface area contributed by atoms with Gasteiger partial charge in [0, 0.05) is 38.5 Å². The normalized spacial score (nSPS) is 21.2. The average Bonchev–Trinajstić information content (AvgIpc) is 3.22. The van der Waals surface area contributed by atoms with Gasteiger partial charge >= 0.3 is 0 Å². The van der Waals surface area contributed by atoms with Crippen LogP contribution in [0, 0.1) is 0 Å². The van der Waals surface area contributed by atoms with E-state index in [0.29, 0.717) is 35.7 Å². The highest BCUT2D eigenvalue weighted by Gasteiger charge is 2.27. The molecule has 2 N–H and O–H groups in total. The maximum Gasteiger partial charge on any atom is 0.243 e. The van der Waals surface area contributed by atoms with E-state index in [9.17, 15) is 8.42 Å². The van der Waals surface area contributed by atoms with Gasteiger partial charge in [0.1, 0.15) is 0 Å². The van der Waals surface area contributed by atoms with Crippen molar-refractivity contribution in [1.29, 1.82) is 0 Å². The van der Waals surface area contributed by atoms with Crippen molar-refractivity contribution in [2.24, 2.45) is 4.99 Å². The van der Waals surface area contributed by atoms with Crippen molar-refractivity contribution in [3.05, 3.63) is 29.8 Å². The monoisotopic (exact) mass is 538 g/mol. The van der Waals surface area contributed by atoms with Gasteiger partial charge in [0.2, 0.25) is 10.0 Å². The Labute approximate surface area is 190 Å². The summed E-state index contributed by atoms with van der Waals surface area (Å²) in [5.74, 6) is 1.95. The Kier molecular flexibility index (Phi) is 9.85. The molecular weight excluding hydrogens is 507 g/mol. The molecule has 0 saturated carbocycles. The summed E-state index contributed by atoms with van der Waals surface area (Å²) in [4.78, 5) is 4.67. The summed E-state index contributed by atoms with van der Waals surface area (Å²) in [5, 5.41) is 7.27. The first kappa shape index (κ1) is 23.8. The molecule has 1 atom stereocenters. The molecule has 1 unspecified atom stereocenters. The molecular formula is C19H31IN4O2S2. The largest absolute Gasteiger partial charge is 0.355 e. The fourth-order valence-corrected chi connectivity index (χ4v) is 6.50. The third kappa shape index (κ3) is 6.24. The zero-order valence-corrected chi connectivity index (χ0v) is 20.4. The van der Waals surface area contributed by atoms with Gasteiger partial charge in [-0.2, -0.15) is 16.1 Å². The summed E-state index contributed by atoms with van der Waals surface area (Å²) in [6, 6.07) is 7.28. The Balaban J connectivity index is 0.00000280. The van der Waals surface area contributed by atoms with Crippen LogP contribution in [0.25, 0.3) is 0 Å². The summed E-state index contributed by atoms with van der Waals surface area (Å²) in [5.41, 5.74) is 0.779. The number of thioether (sulfide) groups is 1. The molecule has 0 spiro atoms. The molecule has 28 heavy (non-hydrogen) atoms. The van der Waals surface area contributed by atoms with Gasteiger partial charge in [0.25, 0.3) is 0 Å². The lowest BCUT2D eigenvalue weighted by atomic mass is 10.2. The van der Waals surface area contributed by atoms with Crippen molar-refractivity contribution >= 4 is 51.7 Å². The van der Waals surface area contributed by atoms with Gasteiger partial charge < -0.3 is 10.6 Å². The van der Waals surface area contributed by atoms with Crippen molar-refractivity contribution in [2.75, 3.05) is 32.4 Å². The molecule has 2 heterocycles. The lowest BCUT2D eigenvalue weighted by Gasteiger charge is -2.27. The lowest BCUT2D eigenvalue weighted by Crippen LogP contribution is -2.40. The number of hydrogen-bond donors (Lipinski definition) is 2. The zero-order valence-electron chi connectivity index (χ0n) is 16.4. The molecule has 2 fully saturated rings. The third-order valence-corrected chi connectivity index (χ3v) is 8.49. The van der Waals surface area contributed by atoms with Gasteiger partial charge in [-0.25, -0.2) is 8.42 Å². The number of nitrogens with zero attached hydrogens (tertiary/aromatic N) is 2. The maximum absolute atomic E-state index is 13.1. The van der Waals surface area contributed by atoms with Crippen molar-refractivity contribution < 1.29 is 8.42 Å². The van der Waals surface area contributed by atoms with E-state index < -0.39 is 10.0 Å². The van der Waals surface area contributed by atoms with Crippen LogP contribution < -0.4 is 10.6 Å². The number of benzene rings is 1. The van der Waals surface area contributed by atoms with Gasteiger partial charge in [-0.1, -0.05) is 24.6 Å². The van der Waals surface area contributed by atoms with Crippen molar-refractivity contribution in [3.8, 4) is 0 Å². The molecule has 9 heteroatoms. The first-order valence-corrected chi connectivity index (χ1v) is 12.2. The van der Waals surface area contributed by atoms with E-state index in [-0.39, 0.29) is 24.0 Å². The highest BCUT2D eigenvalue weighted by atomic mass is 127. The first-order valence-electron chi connectivity index (χ1n) is 9.75. The maximum atomic E-state index is 13.1. The molecule has 1 aromatic rings. The van der Waals surface area contributed by atoms with E-state index in [1.54, 1.807) is 23.5 Å². The van der Waals surface area contributed by atoms with Crippen LogP contribution in [0.3, 0.4) is 0 Å². The minimum atomic E-state index is -3.44. The average molecular weight is 539 g/mol. The molecule has 3 rings (SSSR count). The number of guanidine groups is 1. The summed E-state index contributed by atoms with van der Waals surface area (Å²) >= 11 is 2.00. The van der Waals surface area contributed by atoms with Crippen molar-refractivity contribution in [2.45, 2.75) is 48.8 Å². The minimum absolute atomic E-state index is 0. The molecule has 0 aromatic heterocycles. The SMILES string of the molecule is CN=C(NCc1ccccc1S(=O)(=O)N1CCCCC1)NCC1CCCS1.I. The van der Waals surface area contributed by atoms with E-state index in [4.69, 9.17) is 0 Å². The van der Waals surface area contributed by atoms with Gasteiger partial charge in [0.15, 0.2) is 5.96 Å². The molecule has 158 valence electrons. The second kappa shape index (κ2) is 11.6. The molecule has 0 bridgehead atoms. The Hall–Kier alpha value is -0.520. The van der Waals surface area contributed by atoms with Crippen LogP contribution in [-0.2, 0) is 16.6 Å². The highest BCUT2D eigenvalue weighted by molar-refractivity contribution is 14.0. The fourth-order valence-electron chi connectivity index (χ4n) is 3.56. The van der Waals surface area contributed by atoms with E-state index in [0.717, 1.165) is 31.4 Å². The summed E-state index contributed by atoms with van der Waals surface area (Å²) in [7, 11) is -1.70. The predicted molar refractivity (Wildman–Crippen MR) is 128 cm³/mol. The quantitative estimate of drug-likeness (QED) is 0.331. The number of aliphatic imine (C=N–C) groups is 1. The lowest BCUT2D eigenvalue weighted by molar-refractivity contribution is 0.346. The molecule has 2 aliphatic rings. The number of sulfonamides is 1. The molecule has 0 amide bonds. The van der Waals surface area contributed by atoms with E-state index >= 15 is 0 Å². The molecule has 0 aliphatic carbocycles. The van der Waals surface area contributed by atoms with Gasteiger partial charge in [-0.15, -0.1) is 24.0 Å². The number of rotatable bonds is 6. The van der Waals surface area contributed by atoms with Crippen LogP contribution in [0.5, 0.6) is 0 Å². The summed E-state index contributed by atoms with van der Waals surface area (Å²) in [6.07, 6.45) is 5.51. The van der Waals surface area contributed by atoms with Crippen molar-refractivity contribution in [1.82, 2.24) is 14.9 Å². The fraction of sp³-hybridized carbons (Fsp3) is 0.632. The second-order valence-corrected chi connectivity index (χ2v) is 10.3. The molecule has 2 aliphatic heterocycles. The summed E-state index contributed by atoms with van der Waals surface area (Å²) in [6.45, 7) is 2.55. The standard InChI is InChI=1S/C19H30N4O2S2.HI/c1-20-19(22-15-17-9-7-13-26-17)21-14-16-8-3-4-10-18(16)27(24,25)23-11-5-2-6-12-23;/h3-4,8,10,17H,2,5-7,9,11-15H2,1H3,(H2,20,21,22);1H. The molecule has 0 radical (unpaired) electrons. The topological polar surface area (TPSA) is 73.8 Å². The number of hydrogen-bond acceptors (Lipinski definition) is 4. The predicted octanol–water partition coefficient (Wildman–Crippen LogP) is 3.04. The van der Waals surface area contributed by atoms with Gasteiger partial charge in [-0.3, -0.25) is 4.99 Å². The zero-order chi connectivity index (χ0) is 19.1. The number of halogens is 1. The van der Waals surface area contributed by atoms with Crippen LogP contribution in [-0.4, -0.2) is 56.4 Å². The smallest absolute Gasteiger partial charge is 0.243 e. The Bertz CT molecular complexity index is 746. The minimum Gasteiger partial charge on any atom is -0.355 e. The van der Waals surface area contributed by atoms with E-state index in [1.807, 2.05) is 23.9 Å². The molecule has 1 aromatic carbocycles. The number of nitrogens with one attached hydrogen (secondary N) is 2. The molecule has 6 nitrogen and oxygen atoms in total. The van der Waals surface area contributed by atoms with Crippen LogP contribution in [0.15, 0.2) is 34.2 Å². The Morgan fingerprint density at radius 2 is 1.93 bits per heavy atom. The Morgan fingerprint density at radius 3 is 2.61 bits per heavy atom. The van der Waals surface area contributed by atoms with Gasteiger partial charge in [-0.05, 0) is 43.1 Å². The van der Waals surface area contributed by atoms with Crippen LogP contribution in [0.1, 0.15) is 37.7 Å². The number of piperidine rings is 1. The van der Waals surface area contributed by atoms with E-state index in [2.05, 4.69) is 15.6 Å². The third-order valence-electron chi connectivity index (χ3n) is 5.10. The van der Waals surface area contributed by atoms with Gasteiger partial charge in [0.05, 0.1) is 4.90 Å². The van der Waals surface area contributed by atoms with E-state index in [1.165, 1.54) is 18.6 Å². The van der Waals surface area contributed by atoms with Crippen LogP contribution in [0.4, 0.5) is 0 Å². The Morgan fingerprint density at radius 1 is 1.18 bits per heavy atom. The van der Waals surface area contributed by atoms with Crippen LogP contribution in [0.2, 0.25) is 0 Å². The molecule has 2 saturated heterocycles. The highest BCUT2D eigenvalue weighted by Crippen LogP contribution is 2.25.